The summed E-state index contributed by atoms with van der Waals surface area (Å²) in [5.41, 5.74) is 1.78. The van der Waals surface area contributed by atoms with E-state index in [2.05, 4.69) is 15.6 Å². The molecule has 2 aromatic rings. The molecule has 134 valence electrons. The molecule has 0 spiro atoms. The van der Waals surface area contributed by atoms with E-state index in [0.717, 1.165) is 0 Å². The Morgan fingerprint density at radius 3 is 2.60 bits per heavy atom. The fraction of sp³-hybridized carbons (Fsp3) is 0.353. The lowest BCUT2D eigenvalue weighted by atomic mass is 10.3. The van der Waals surface area contributed by atoms with E-state index in [1.54, 1.807) is 39.2 Å². The summed E-state index contributed by atoms with van der Waals surface area (Å²) in [7, 11) is 3.07. The number of aryl methyl sites for hydroxylation is 1. The summed E-state index contributed by atoms with van der Waals surface area (Å²) in [6.45, 7) is 4.16. The first-order chi connectivity index (χ1) is 12.0. The van der Waals surface area contributed by atoms with E-state index in [1.807, 2.05) is 0 Å². The van der Waals surface area contributed by atoms with Gasteiger partial charge >= 0.3 is 6.03 Å². The monoisotopic (exact) mass is 346 g/mol. The summed E-state index contributed by atoms with van der Waals surface area (Å²) in [6.07, 6.45) is 1.48. The maximum Gasteiger partial charge on any atom is 0.319 e. The first-order valence-corrected chi connectivity index (χ1v) is 7.75. The zero-order valence-corrected chi connectivity index (χ0v) is 14.8. The van der Waals surface area contributed by atoms with Crippen molar-refractivity contribution in [2.24, 2.45) is 0 Å². The van der Waals surface area contributed by atoms with Crippen LogP contribution in [0.5, 0.6) is 11.5 Å². The number of amides is 2. The molecule has 8 nitrogen and oxygen atoms in total. The highest BCUT2D eigenvalue weighted by molar-refractivity contribution is 5.89. The van der Waals surface area contributed by atoms with E-state index in [0.29, 0.717) is 41.5 Å². The van der Waals surface area contributed by atoms with Gasteiger partial charge in [0.1, 0.15) is 0 Å². The molecule has 1 heterocycles. The molecule has 8 heteroatoms. The van der Waals surface area contributed by atoms with Gasteiger partial charge in [-0.15, -0.1) is 0 Å². The van der Waals surface area contributed by atoms with Crippen LogP contribution in [0.2, 0.25) is 0 Å². The first-order valence-electron chi connectivity index (χ1n) is 7.75. The van der Waals surface area contributed by atoms with Gasteiger partial charge in [0.25, 0.3) is 5.56 Å². The van der Waals surface area contributed by atoms with Crippen molar-refractivity contribution in [3.63, 3.8) is 0 Å². The number of methoxy groups -OCH3 is 2. The molecule has 0 fully saturated rings. The number of carbonyl (C=O) groups is 1. The van der Waals surface area contributed by atoms with Crippen LogP contribution in [0.4, 0.5) is 10.5 Å². The van der Waals surface area contributed by atoms with E-state index in [4.69, 9.17) is 9.47 Å². The molecule has 0 radical (unpaired) electrons. The van der Waals surface area contributed by atoms with Gasteiger partial charge in [-0.3, -0.25) is 9.36 Å². The van der Waals surface area contributed by atoms with E-state index < -0.39 is 0 Å². The zero-order valence-electron chi connectivity index (χ0n) is 14.8. The van der Waals surface area contributed by atoms with Gasteiger partial charge in [0, 0.05) is 36.1 Å². The molecule has 2 amide bonds. The number of benzene rings is 1. The smallest absolute Gasteiger partial charge is 0.319 e. The summed E-state index contributed by atoms with van der Waals surface area (Å²) in [6, 6.07) is 4.70. The molecule has 1 aromatic carbocycles. The maximum absolute atomic E-state index is 12.1. The van der Waals surface area contributed by atoms with E-state index in [-0.39, 0.29) is 11.6 Å². The summed E-state index contributed by atoms with van der Waals surface area (Å²) in [4.78, 5) is 28.2. The van der Waals surface area contributed by atoms with Gasteiger partial charge in [0.2, 0.25) is 0 Å². The van der Waals surface area contributed by atoms with Crippen LogP contribution in [-0.4, -0.2) is 36.3 Å². The third-order valence-corrected chi connectivity index (χ3v) is 3.79. The average molecular weight is 346 g/mol. The fourth-order valence-electron chi connectivity index (χ4n) is 2.21. The minimum Gasteiger partial charge on any atom is -0.493 e. The van der Waals surface area contributed by atoms with Crippen molar-refractivity contribution in [3.05, 3.63) is 46.1 Å². The predicted molar refractivity (Wildman–Crippen MR) is 94.5 cm³/mol. The Balaban J connectivity index is 1.91. The number of hydrogen-bond donors (Lipinski definition) is 2. The quantitative estimate of drug-likeness (QED) is 0.830. The fourth-order valence-corrected chi connectivity index (χ4v) is 2.21. The highest BCUT2D eigenvalue weighted by Crippen LogP contribution is 2.29. The normalized spacial score (nSPS) is 10.2. The summed E-state index contributed by atoms with van der Waals surface area (Å²) in [5, 5.41) is 5.40. The van der Waals surface area contributed by atoms with Crippen LogP contribution >= 0.6 is 0 Å². The van der Waals surface area contributed by atoms with Gasteiger partial charge < -0.3 is 20.1 Å². The highest BCUT2D eigenvalue weighted by atomic mass is 16.5. The molecule has 25 heavy (non-hydrogen) atoms. The van der Waals surface area contributed by atoms with Crippen LogP contribution in [0.15, 0.2) is 29.3 Å². The summed E-state index contributed by atoms with van der Waals surface area (Å²) >= 11 is 0. The Morgan fingerprint density at radius 1 is 1.20 bits per heavy atom. The van der Waals surface area contributed by atoms with E-state index in [9.17, 15) is 9.59 Å². The Kier molecular flexibility index (Phi) is 5.99. The minimum atomic E-state index is -0.378. The molecule has 0 aliphatic carbocycles. The molecule has 0 bridgehead atoms. The molecule has 0 unspecified atom stereocenters. The minimum absolute atomic E-state index is 0.102. The van der Waals surface area contributed by atoms with Crippen LogP contribution in [0.3, 0.4) is 0 Å². The van der Waals surface area contributed by atoms with Crippen LogP contribution in [-0.2, 0) is 6.54 Å². The lowest BCUT2D eigenvalue weighted by Crippen LogP contribution is -2.34. The van der Waals surface area contributed by atoms with E-state index >= 15 is 0 Å². The Labute approximate surface area is 145 Å². The van der Waals surface area contributed by atoms with Crippen molar-refractivity contribution in [2.45, 2.75) is 20.4 Å². The molecule has 0 saturated heterocycles. The molecule has 2 N–H and O–H groups in total. The molecule has 0 atom stereocenters. The topological polar surface area (TPSA) is 94.5 Å². The van der Waals surface area contributed by atoms with Crippen LogP contribution < -0.4 is 25.7 Å². The number of aromatic nitrogens is 2. The largest absolute Gasteiger partial charge is 0.493 e. The SMILES string of the molecule is COc1ccc(NC(=O)NCCn2cnc(C)c(C)c2=O)cc1OC. The first kappa shape index (κ1) is 18.3. The Bertz CT molecular complexity index is 817. The van der Waals surface area contributed by atoms with Gasteiger partial charge in [-0.2, -0.15) is 0 Å². The lowest BCUT2D eigenvalue weighted by Gasteiger charge is -2.12. The standard InChI is InChI=1S/C17H22N4O4/c1-11-12(2)19-10-21(16(11)22)8-7-18-17(23)20-13-5-6-14(24-3)15(9-13)25-4/h5-6,9-10H,7-8H2,1-4H3,(H2,18,20,23). The van der Waals surface area contributed by atoms with Crippen molar-refractivity contribution in [3.8, 4) is 11.5 Å². The molecule has 0 aliphatic rings. The van der Waals surface area contributed by atoms with Gasteiger partial charge in [-0.05, 0) is 26.0 Å². The lowest BCUT2D eigenvalue weighted by molar-refractivity contribution is 0.251. The predicted octanol–water partition coefficient (Wildman–Crippen LogP) is 1.70. The third-order valence-electron chi connectivity index (χ3n) is 3.79. The number of ether oxygens (including phenoxy) is 2. The second kappa shape index (κ2) is 8.18. The second-order valence-corrected chi connectivity index (χ2v) is 5.40. The molecule has 1 aromatic heterocycles. The van der Waals surface area contributed by atoms with Crippen molar-refractivity contribution in [2.75, 3.05) is 26.1 Å². The number of rotatable bonds is 6. The number of hydrogen-bond acceptors (Lipinski definition) is 5. The molecular weight excluding hydrogens is 324 g/mol. The van der Waals surface area contributed by atoms with Gasteiger partial charge in [-0.1, -0.05) is 0 Å². The van der Waals surface area contributed by atoms with Crippen molar-refractivity contribution in [1.82, 2.24) is 14.9 Å². The molecular formula is C17H22N4O4. The number of anilines is 1. The summed E-state index contributed by atoms with van der Waals surface area (Å²) < 4.78 is 11.8. The van der Waals surface area contributed by atoms with Crippen molar-refractivity contribution >= 4 is 11.7 Å². The van der Waals surface area contributed by atoms with Gasteiger partial charge in [0.05, 0.1) is 20.5 Å². The average Bonchev–Trinajstić information content (AvgIpc) is 2.61. The Hall–Kier alpha value is -3.03. The van der Waals surface area contributed by atoms with Crippen LogP contribution in [0, 0.1) is 13.8 Å². The Morgan fingerprint density at radius 2 is 1.92 bits per heavy atom. The van der Waals surface area contributed by atoms with Crippen molar-refractivity contribution in [1.29, 1.82) is 0 Å². The van der Waals surface area contributed by atoms with Crippen LogP contribution in [0.1, 0.15) is 11.3 Å². The number of nitrogens with zero attached hydrogens (tertiary/aromatic N) is 2. The van der Waals surface area contributed by atoms with E-state index in [1.165, 1.54) is 18.0 Å². The highest BCUT2D eigenvalue weighted by Gasteiger charge is 2.08. The number of carbonyl (C=O) groups excluding carboxylic acids is 1. The van der Waals surface area contributed by atoms with Crippen molar-refractivity contribution < 1.29 is 14.3 Å². The van der Waals surface area contributed by atoms with Crippen LogP contribution in [0.25, 0.3) is 0 Å². The number of nitrogens with one attached hydrogen (secondary N) is 2. The van der Waals surface area contributed by atoms with Gasteiger partial charge in [-0.25, -0.2) is 9.78 Å². The number of urea groups is 1. The maximum atomic E-state index is 12.1. The zero-order chi connectivity index (χ0) is 18.4. The van der Waals surface area contributed by atoms with Gasteiger partial charge in [0.15, 0.2) is 11.5 Å². The molecule has 0 saturated carbocycles. The molecule has 0 aliphatic heterocycles. The third kappa shape index (κ3) is 4.50. The molecule has 2 rings (SSSR count). The second-order valence-electron chi connectivity index (χ2n) is 5.40. The summed E-state index contributed by atoms with van der Waals surface area (Å²) in [5.74, 6) is 1.10.